The summed E-state index contributed by atoms with van der Waals surface area (Å²) in [6, 6.07) is 4.50. The number of rotatable bonds is 2. The van der Waals surface area contributed by atoms with Crippen molar-refractivity contribution in [3.8, 4) is 0 Å². The molecule has 0 unspecified atom stereocenters. The largest absolute Gasteiger partial charge is 0.294 e. The van der Waals surface area contributed by atoms with Gasteiger partial charge in [-0.15, -0.1) is 0 Å². The summed E-state index contributed by atoms with van der Waals surface area (Å²) in [4.78, 5) is 23.4. The zero-order valence-electron chi connectivity index (χ0n) is 11.8. The van der Waals surface area contributed by atoms with E-state index < -0.39 is 33.9 Å². The van der Waals surface area contributed by atoms with E-state index in [1.54, 1.807) is 13.0 Å². The average molecular weight is 331 g/mol. The molecule has 1 aliphatic heterocycles. The topological polar surface area (TPSA) is 83.6 Å². The maximum atomic E-state index is 12.8. The predicted molar refractivity (Wildman–Crippen MR) is 77.3 cm³/mol. The van der Waals surface area contributed by atoms with Gasteiger partial charge in [0.05, 0.1) is 11.4 Å². The van der Waals surface area contributed by atoms with Crippen LogP contribution >= 0.6 is 11.6 Å². The standard InChI is InChI=1S/C13H15ClN2O4S/c1-8-9(14)5-4-6-10(8)21(19,20)16-7-11(17)15-12(18)13(16,2)3/h4-6H,7H2,1-3H3,(H,15,17,18). The normalized spacial score (nSPS) is 19.4. The van der Waals surface area contributed by atoms with Crippen LogP contribution in [0, 0.1) is 6.92 Å². The zero-order chi connectivity index (χ0) is 16.0. The number of halogens is 1. The van der Waals surface area contributed by atoms with Crippen LogP contribution in [0.4, 0.5) is 0 Å². The first-order chi connectivity index (χ1) is 9.58. The molecule has 0 bridgehead atoms. The smallest absolute Gasteiger partial charge is 0.247 e. The molecule has 2 rings (SSSR count). The molecule has 1 aromatic carbocycles. The summed E-state index contributed by atoms with van der Waals surface area (Å²) in [5, 5.41) is 2.45. The lowest BCUT2D eigenvalue weighted by Gasteiger charge is -2.39. The zero-order valence-corrected chi connectivity index (χ0v) is 13.4. The van der Waals surface area contributed by atoms with Crippen LogP contribution in [0.2, 0.25) is 5.02 Å². The number of imide groups is 1. The van der Waals surface area contributed by atoms with E-state index in [1.165, 1.54) is 26.0 Å². The Balaban J connectivity index is 2.60. The van der Waals surface area contributed by atoms with Crippen molar-refractivity contribution in [2.75, 3.05) is 6.54 Å². The number of nitrogens with one attached hydrogen (secondary N) is 1. The summed E-state index contributed by atoms with van der Waals surface area (Å²) in [6.07, 6.45) is 0. The van der Waals surface area contributed by atoms with E-state index in [0.29, 0.717) is 10.6 Å². The molecule has 8 heteroatoms. The van der Waals surface area contributed by atoms with Crippen molar-refractivity contribution in [3.63, 3.8) is 0 Å². The molecule has 1 saturated heterocycles. The molecule has 0 spiro atoms. The summed E-state index contributed by atoms with van der Waals surface area (Å²) < 4.78 is 26.5. The number of benzene rings is 1. The highest BCUT2D eigenvalue weighted by atomic mass is 35.5. The lowest BCUT2D eigenvalue weighted by Crippen LogP contribution is -2.65. The number of amides is 2. The van der Waals surface area contributed by atoms with Crippen molar-refractivity contribution in [1.82, 2.24) is 9.62 Å². The average Bonchev–Trinajstić information content (AvgIpc) is 2.37. The van der Waals surface area contributed by atoms with Crippen molar-refractivity contribution in [3.05, 3.63) is 28.8 Å². The SMILES string of the molecule is Cc1c(Cl)cccc1S(=O)(=O)N1CC(=O)NC(=O)C1(C)C. The molecule has 0 aromatic heterocycles. The first kappa shape index (κ1) is 15.9. The highest BCUT2D eigenvalue weighted by Crippen LogP contribution is 2.30. The van der Waals surface area contributed by atoms with Gasteiger partial charge in [-0.3, -0.25) is 14.9 Å². The van der Waals surface area contributed by atoms with E-state index in [-0.39, 0.29) is 4.90 Å². The van der Waals surface area contributed by atoms with E-state index in [4.69, 9.17) is 11.6 Å². The van der Waals surface area contributed by atoms with Crippen LogP contribution in [0.25, 0.3) is 0 Å². The van der Waals surface area contributed by atoms with Gasteiger partial charge in [0, 0.05) is 5.02 Å². The minimum absolute atomic E-state index is 0.00873. The Kier molecular flexibility index (Phi) is 3.86. The van der Waals surface area contributed by atoms with Gasteiger partial charge in [0.15, 0.2) is 0 Å². The van der Waals surface area contributed by atoms with Crippen LogP contribution in [-0.2, 0) is 19.6 Å². The molecule has 6 nitrogen and oxygen atoms in total. The van der Waals surface area contributed by atoms with Gasteiger partial charge in [-0.2, -0.15) is 4.31 Å². The summed E-state index contributed by atoms with van der Waals surface area (Å²) in [6.45, 7) is 4.07. The van der Waals surface area contributed by atoms with Crippen LogP contribution in [0.1, 0.15) is 19.4 Å². The third-order valence-electron chi connectivity index (χ3n) is 3.51. The Labute approximate surface area is 128 Å². The van der Waals surface area contributed by atoms with Gasteiger partial charge in [-0.25, -0.2) is 8.42 Å². The fourth-order valence-electron chi connectivity index (χ4n) is 2.13. The Bertz CT molecular complexity index is 728. The second-order valence-electron chi connectivity index (χ2n) is 5.31. The van der Waals surface area contributed by atoms with Crippen molar-refractivity contribution in [2.45, 2.75) is 31.2 Å². The van der Waals surface area contributed by atoms with Gasteiger partial charge in [0.1, 0.15) is 5.54 Å². The second kappa shape index (κ2) is 5.08. The van der Waals surface area contributed by atoms with Gasteiger partial charge in [0.2, 0.25) is 21.8 Å². The summed E-state index contributed by atoms with van der Waals surface area (Å²) in [5.41, 5.74) is -0.977. The predicted octanol–water partition coefficient (Wildman–Crippen LogP) is 1.07. The molecule has 0 aliphatic carbocycles. The Morgan fingerprint density at radius 3 is 2.52 bits per heavy atom. The molecule has 1 N–H and O–H groups in total. The van der Waals surface area contributed by atoms with Crippen LogP contribution in [-0.4, -0.2) is 36.6 Å². The molecule has 114 valence electrons. The molecular weight excluding hydrogens is 316 g/mol. The van der Waals surface area contributed by atoms with E-state index in [2.05, 4.69) is 5.32 Å². The first-order valence-corrected chi connectivity index (χ1v) is 8.02. The van der Waals surface area contributed by atoms with Gasteiger partial charge in [-0.05, 0) is 38.5 Å². The van der Waals surface area contributed by atoms with Gasteiger partial charge in [0.25, 0.3) is 0 Å². The number of hydrogen-bond acceptors (Lipinski definition) is 4. The van der Waals surface area contributed by atoms with Crippen LogP contribution in [0.5, 0.6) is 0 Å². The van der Waals surface area contributed by atoms with Crippen LogP contribution in [0.3, 0.4) is 0 Å². The maximum Gasteiger partial charge on any atom is 0.247 e. The van der Waals surface area contributed by atoms with Gasteiger partial charge < -0.3 is 0 Å². The molecule has 1 fully saturated rings. The highest BCUT2D eigenvalue weighted by Gasteiger charge is 2.47. The third kappa shape index (κ3) is 2.56. The summed E-state index contributed by atoms with van der Waals surface area (Å²) >= 11 is 5.96. The second-order valence-corrected chi connectivity index (χ2v) is 7.55. The number of carbonyl (C=O) groups is 2. The van der Waals surface area contributed by atoms with Crippen molar-refractivity contribution in [1.29, 1.82) is 0 Å². The number of hydrogen-bond donors (Lipinski definition) is 1. The number of sulfonamides is 1. The molecule has 2 amide bonds. The lowest BCUT2D eigenvalue weighted by molar-refractivity contribution is -0.141. The maximum absolute atomic E-state index is 12.8. The van der Waals surface area contributed by atoms with E-state index in [9.17, 15) is 18.0 Å². The minimum atomic E-state index is -4.02. The Hall–Kier alpha value is -1.44. The first-order valence-electron chi connectivity index (χ1n) is 6.20. The molecule has 0 atom stereocenters. The summed E-state index contributed by atoms with van der Waals surface area (Å²) in [7, 11) is -4.02. The fourth-order valence-corrected chi connectivity index (χ4v) is 4.32. The van der Waals surface area contributed by atoms with Crippen molar-refractivity contribution in [2.24, 2.45) is 0 Å². The lowest BCUT2D eigenvalue weighted by atomic mass is 10.0. The van der Waals surface area contributed by atoms with Crippen LogP contribution in [0.15, 0.2) is 23.1 Å². The van der Waals surface area contributed by atoms with Gasteiger partial charge in [-0.1, -0.05) is 17.7 Å². The van der Waals surface area contributed by atoms with Crippen molar-refractivity contribution >= 4 is 33.4 Å². The molecular formula is C13H15ClN2O4S. The minimum Gasteiger partial charge on any atom is -0.294 e. The Morgan fingerprint density at radius 2 is 1.90 bits per heavy atom. The molecule has 0 saturated carbocycles. The quantitative estimate of drug-likeness (QED) is 0.822. The Morgan fingerprint density at radius 1 is 1.29 bits per heavy atom. The molecule has 21 heavy (non-hydrogen) atoms. The highest BCUT2D eigenvalue weighted by molar-refractivity contribution is 7.89. The van der Waals surface area contributed by atoms with Crippen LogP contribution < -0.4 is 5.32 Å². The third-order valence-corrected chi connectivity index (χ3v) is 6.08. The molecule has 1 aliphatic rings. The molecule has 1 aromatic rings. The molecule has 0 radical (unpaired) electrons. The van der Waals surface area contributed by atoms with E-state index >= 15 is 0 Å². The van der Waals surface area contributed by atoms with E-state index in [0.717, 1.165) is 4.31 Å². The van der Waals surface area contributed by atoms with Gasteiger partial charge >= 0.3 is 0 Å². The number of nitrogens with zero attached hydrogens (tertiary/aromatic N) is 1. The van der Waals surface area contributed by atoms with E-state index in [1.807, 2.05) is 0 Å². The summed E-state index contributed by atoms with van der Waals surface area (Å²) in [5.74, 6) is -1.30. The van der Waals surface area contributed by atoms with Crippen molar-refractivity contribution < 1.29 is 18.0 Å². The fraction of sp³-hybridized carbons (Fsp3) is 0.385. The monoisotopic (exact) mass is 330 g/mol. The number of piperazine rings is 1. The number of carbonyl (C=O) groups excluding carboxylic acids is 2. The molecule has 1 heterocycles.